The first-order valence-electron chi connectivity index (χ1n) is 11.1. The van der Waals surface area contributed by atoms with E-state index in [0.717, 1.165) is 43.8 Å². The molecule has 1 atom stereocenters. The Labute approximate surface area is 181 Å². The van der Waals surface area contributed by atoms with Crippen molar-refractivity contribution < 1.29 is 9.53 Å². The van der Waals surface area contributed by atoms with Gasteiger partial charge in [-0.25, -0.2) is 0 Å². The molecular weight excluding hydrogens is 372 g/mol. The summed E-state index contributed by atoms with van der Waals surface area (Å²) in [5.74, 6) is 1.58. The highest BCUT2D eigenvalue weighted by atomic mass is 16.5. The Kier molecular flexibility index (Phi) is 7.54. The molecule has 0 radical (unpaired) electrons. The van der Waals surface area contributed by atoms with Crippen LogP contribution in [0.3, 0.4) is 0 Å². The number of ether oxygens (including phenoxy) is 1. The number of benzene rings is 2. The number of rotatable bonds is 7. The summed E-state index contributed by atoms with van der Waals surface area (Å²) in [5.41, 5.74) is 4.86. The minimum absolute atomic E-state index is 0.0109. The van der Waals surface area contributed by atoms with Gasteiger partial charge in [-0.05, 0) is 80.1 Å². The van der Waals surface area contributed by atoms with E-state index < -0.39 is 0 Å². The number of aryl methyl sites for hydroxylation is 1. The molecule has 0 spiro atoms. The Hall–Kier alpha value is -2.33. The summed E-state index contributed by atoms with van der Waals surface area (Å²) in [4.78, 5) is 15.4. The van der Waals surface area contributed by atoms with Gasteiger partial charge in [-0.15, -0.1) is 0 Å². The average Bonchev–Trinajstić information content (AvgIpc) is 2.74. The standard InChI is InChI=1S/C26H36N2O2/c1-18(2)23-16-24(19(3)15-25(23)30-5)20(4)27-26(29)22-11-13-28(14-12-22)17-21-9-7-6-8-10-21/h6-10,15-16,18,20,22H,11-14,17H2,1-5H3,(H,27,29)/t20-/m0/s1. The van der Waals surface area contributed by atoms with Crippen molar-refractivity contribution >= 4 is 5.91 Å². The molecule has 1 saturated heterocycles. The van der Waals surface area contributed by atoms with Gasteiger partial charge in [0, 0.05) is 12.5 Å². The van der Waals surface area contributed by atoms with Crippen LogP contribution in [-0.4, -0.2) is 31.0 Å². The molecule has 1 aliphatic heterocycles. The second-order valence-corrected chi connectivity index (χ2v) is 8.87. The number of hydrogen-bond acceptors (Lipinski definition) is 3. The molecule has 30 heavy (non-hydrogen) atoms. The van der Waals surface area contributed by atoms with Crippen molar-refractivity contribution in [3.63, 3.8) is 0 Å². The number of carbonyl (C=O) groups is 1. The molecule has 1 N–H and O–H groups in total. The number of carbonyl (C=O) groups excluding carboxylic acids is 1. The molecule has 2 aromatic carbocycles. The highest BCUT2D eigenvalue weighted by Crippen LogP contribution is 2.32. The second kappa shape index (κ2) is 10.1. The van der Waals surface area contributed by atoms with Crippen LogP contribution in [0.4, 0.5) is 0 Å². The molecule has 0 saturated carbocycles. The third kappa shape index (κ3) is 5.42. The summed E-state index contributed by atoms with van der Waals surface area (Å²) in [5, 5.41) is 3.28. The average molecular weight is 409 g/mol. The van der Waals surface area contributed by atoms with Crippen molar-refractivity contribution in [3.05, 3.63) is 64.7 Å². The summed E-state index contributed by atoms with van der Waals surface area (Å²) in [7, 11) is 1.72. The zero-order chi connectivity index (χ0) is 21.7. The van der Waals surface area contributed by atoms with Crippen molar-refractivity contribution in [1.29, 1.82) is 0 Å². The smallest absolute Gasteiger partial charge is 0.223 e. The monoisotopic (exact) mass is 408 g/mol. The molecule has 0 bridgehead atoms. The first-order chi connectivity index (χ1) is 14.4. The minimum Gasteiger partial charge on any atom is -0.496 e. The SMILES string of the molecule is COc1cc(C)c([C@H](C)NC(=O)C2CCN(Cc3ccccc3)CC2)cc1C(C)C. The van der Waals surface area contributed by atoms with Gasteiger partial charge in [-0.3, -0.25) is 9.69 Å². The molecule has 4 nitrogen and oxygen atoms in total. The van der Waals surface area contributed by atoms with Crippen LogP contribution in [0.5, 0.6) is 5.75 Å². The van der Waals surface area contributed by atoms with Gasteiger partial charge < -0.3 is 10.1 Å². The van der Waals surface area contributed by atoms with Crippen LogP contribution in [0.25, 0.3) is 0 Å². The Balaban J connectivity index is 1.58. The van der Waals surface area contributed by atoms with Crippen LogP contribution < -0.4 is 10.1 Å². The zero-order valence-corrected chi connectivity index (χ0v) is 19.1. The molecule has 162 valence electrons. The van der Waals surface area contributed by atoms with Gasteiger partial charge in [0.15, 0.2) is 0 Å². The summed E-state index contributed by atoms with van der Waals surface area (Å²) in [6.45, 7) is 11.4. The molecule has 1 amide bonds. The molecule has 1 fully saturated rings. The quantitative estimate of drug-likeness (QED) is 0.683. The van der Waals surface area contributed by atoms with Crippen LogP contribution in [0.1, 0.15) is 67.8 Å². The highest BCUT2D eigenvalue weighted by molar-refractivity contribution is 5.79. The van der Waals surface area contributed by atoms with Gasteiger partial charge in [-0.2, -0.15) is 0 Å². The lowest BCUT2D eigenvalue weighted by molar-refractivity contribution is -0.127. The Bertz CT molecular complexity index is 840. The number of methoxy groups -OCH3 is 1. The Morgan fingerprint density at radius 2 is 1.77 bits per heavy atom. The topological polar surface area (TPSA) is 41.6 Å². The lowest BCUT2D eigenvalue weighted by Gasteiger charge is -2.32. The lowest BCUT2D eigenvalue weighted by atomic mass is 9.92. The van der Waals surface area contributed by atoms with Gasteiger partial charge in [0.2, 0.25) is 5.91 Å². The van der Waals surface area contributed by atoms with E-state index in [2.05, 4.69) is 80.4 Å². The normalized spacial score (nSPS) is 16.5. The van der Waals surface area contributed by atoms with E-state index in [4.69, 9.17) is 4.74 Å². The van der Waals surface area contributed by atoms with Crippen molar-refractivity contribution in [1.82, 2.24) is 10.2 Å². The van der Waals surface area contributed by atoms with Crippen molar-refractivity contribution in [3.8, 4) is 5.75 Å². The minimum atomic E-state index is -0.0109. The lowest BCUT2D eigenvalue weighted by Crippen LogP contribution is -2.41. The zero-order valence-electron chi connectivity index (χ0n) is 19.1. The van der Waals surface area contributed by atoms with Crippen LogP contribution >= 0.6 is 0 Å². The van der Waals surface area contributed by atoms with E-state index in [1.807, 2.05) is 0 Å². The fourth-order valence-electron chi connectivity index (χ4n) is 4.41. The third-order valence-corrected chi connectivity index (χ3v) is 6.27. The largest absolute Gasteiger partial charge is 0.496 e. The van der Waals surface area contributed by atoms with E-state index >= 15 is 0 Å². The predicted molar refractivity (Wildman–Crippen MR) is 123 cm³/mol. The van der Waals surface area contributed by atoms with Crippen LogP contribution in [-0.2, 0) is 11.3 Å². The molecule has 4 heteroatoms. The van der Waals surface area contributed by atoms with Gasteiger partial charge >= 0.3 is 0 Å². The first-order valence-corrected chi connectivity index (χ1v) is 11.1. The molecule has 1 aliphatic rings. The maximum atomic E-state index is 12.9. The summed E-state index contributed by atoms with van der Waals surface area (Å²) >= 11 is 0. The van der Waals surface area contributed by atoms with E-state index in [1.54, 1.807) is 7.11 Å². The molecule has 1 heterocycles. The van der Waals surface area contributed by atoms with Crippen LogP contribution in [0.2, 0.25) is 0 Å². The number of likely N-dealkylation sites (tertiary alicyclic amines) is 1. The van der Waals surface area contributed by atoms with Gasteiger partial charge in [-0.1, -0.05) is 44.2 Å². The fraction of sp³-hybridized carbons (Fsp3) is 0.500. The molecule has 0 unspecified atom stereocenters. The van der Waals surface area contributed by atoms with Crippen molar-refractivity contribution in [2.45, 2.75) is 59.0 Å². The molecule has 0 aliphatic carbocycles. The van der Waals surface area contributed by atoms with Crippen LogP contribution in [0, 0.1) is 12.8 Å². The van der Waals surface area contributed by atoms with Crippen LogP contribution in [0.15, 0.2) is 42.5 Å². The van der Waals surface area contributed by atoms with Gasteiger partial charge in [0.05, 0.1) is 13.2 Å². The predicted octanol–water partition coefficient (Wildman–Crippen LogP) is 5.22. The fourth-order valence-corrected chi connectivity index (χ4v) is 4.41. The molecule has 2 aromatic rings. The third-order valence-electron chi connectivity index (χ3n) is 6.27. The Morgan fingerprint density at radius 3 is 2.37 bits per heavy atom. The van der Waals surface area contributed by atoms with Crippen molar-refractivity contribution in [2.24, 2.45) is 5.92 Å². The maximum Gasteiger partial charge on any atom is 0.223 e. The first kappa shape index (κ1) is 22.4. The maximum absolute atomic E-state index is 12.9. The molecule has 0 aromatic heterocycles. The highest BCUT2D eigenvalue weighted by Gasteiger charge is 2.26. The summed E-state index contributed by atoms with van der Waals surface area (Å²) in [6.07, 6.45) is 1.84. The molecule has 3 rings (SSSR count). The number of amides is 1. The van der Waals surface area contributed by atoms with E-state index in [1.165, 1.54) is 16.7 Å². The van der Waals surface area contributed by atoms with E-state index in [-0.39, 0.29) is 17.9 Å². The van der Waals surface area contributed by atoms with E-state index in [9.17, 15) is 4.79 Å². The Morgan fingerprint density at radius 1 is 1.10 bits per heavy atom. The van der Waals surface area contributed by atoms with Gasteiger partial charge in [0.25, 0.3) is 0 Å². The molecular formula is C26H36N2O2. The second-order valence-electron chi connectivity index (χ2n) is 8.87. The number of nitrogens with zero attached hydrogens (tertiary/aromatic N) is 1. The number of piperidine rings is 1. The van der Waals surface area contributed by atoms with Crippen molar-refractivity contribution in [2.75, 3.05) is 20.2 Å². The number of nitrogens with one attached hydrogen (secondary N) is 1. The number of hydrogen-bond donors (Lipinski definition) is 1. The van der Waals surface area contributed by atoms with E-state index in [0.29, 0.717) is 5.92 Å². The van der Waals surface area contributed by atoms with Gasteiger partial charge in [0.1, 0.15) is 5.75 Å². The summed E-state index contributed by atoms with van der Waals surface area (Å²) in [6, 6.07) is 14.8. The summed E-state index contributed by atoms with van der Waals surface area (Å²) < 4.78 is 5.56.